The first kappa shape index (κ1) is 21.3. The van der Waals surface area contributed by atoms with Crippen LogP contribution in [0.4, 0.5) is 38.0 Å². The summed E-state index contributed by atoms with van der Waals surface area (Å²) in [5.74, 6) is -3.54. The number of alkyl halides is 6. The number of anilines is 2. The number of carbonyl (C=O) groups is 1. The number of amides is 1. The zero-order valence-electron chi connectivity index (χ0n) is 15.8. The Bertz CT molecular complexity index is 1000. The zero-order valence-corrected chi connectivity index (χ0v) is 15.8. The van der Waals surface area contributed by atoms with Crippen LogP contribution in [0.2, 0.25) is 0 Å². The van der Waals surface area contributed by atoms with Crippen LogP contribution < -0.4 is 15.5 Å². The topological polar surface area (TPSA) is 83.0 Å². The minimum atomic E-state index is -4.82. The molecule has 2 N–H and O–H groups in total. The highest BCUT2D eigenvalue weighted by Gasteiger charge is 2.47. The summed E-state index contributed by atoms with van der Waals surface area (Å²) in [6.07, 6.45) is -9.60. The number of halogens is 6. The summed E-state index contributed by atoms with van der Waals surface area (Å²) >= 11 is 0. The number of piperazine rings is 1. The average Bonchev–Trinajstić information content (AvgIpc) is 2.71. The van der Waals surface area contributed by atoms with Crippen molar-refractivity contribution in [3.63, 3.8) is 0 Å². The second kappa shape index (κ2) is 7.62. The van der Waals surface area contributed by atoms with Crippen molar-refractivity contribution >= 4 is 17.5 Å². The van der Waals surface area contributed by atoms with Gasteiger partial charge in [-0.3, -0.25) is 4.79 Å². The van der Waals surface area contributed by atoms with Crippen molar-refractivity contribution in [3.05, 3.63) is 29.6 Å². The highest BCUT2D eigenvalue weighted by Crippen LogP contribution is 2.46. The van der Waals surface area contributed by atoms with Gasteiger partial charge in [-0.05, 0) is 12.1 Å². The van der Waals surface area contributed by atoms with Crippen molar-refractivity contribution in [1.29, 1.82) is 0 Å². The van der Waals surface area contributed by atoms with Gasteiger partial charge in [0.25, 0.3) is 0 Å². The van der Waals surface area contributed by atoms with E-state index < -0.39 is 47.4 Å². The van der Waals surface area contributed by atoms with Crippen molar-refractivity contribution < 1.29 is 31.1 Å². The molecule has 2 aliphatic rings. The van der Waals surface area contributed by atoms with Crippen LogP contribution in [0.3, 0.4) is 0 Å². The number of aromatic nitrogens is 3. The first-order valence-electron chi connectivity index (χ1n) is 9.31. The first-order valence-corrected chi connectivity index (χ1v) is 9.31. The quantitative estimate of drug-likeness (QED) is 0.691. The molecule has 0 unspecified atom stereocenters. The summed E-state index contributed by atoms with van der Waals surface area (Å²) in [4.78, 5) is 25.1. The molecule has 1 saturated heterocycles. The molecule has 0 aliphatic carbocycles. The predicted octanol–water partition coefficient (Wildman–Crippen LogP) is 2.96. The van der Waals surface area contributed by atoms with E-state index in [0.717, 1.165) is 12.4 Å². The van der Waals surface area contributed by atoms with E-state index in [4.69, 9.17) is 0 Å². The molecule has 0 spiro atoms. The van der Waals surface area contributed by atoms with Crippen LogP contribution in [0.25, 0.3) is 11.4 Å². The summed E-state index contributed by atoms with van der Waals surface area (Å²) in [6.45, 7) is 1.82. The molecule has 0 saturated carbocycles. The lowest BCUT2D eigenvalue weighted by atomic mass is 9.89. The molecule has 0 bridgehead atoms. The Morgan fingerprint density at radius 2 is 1.74 bits per heavy atom. The summed E-state index contributed by atoms with van der Waals surface area (Å²) in [5, 5.41) is 5.30. The minimum Gasteiger partial charge on any atom is -0.354 e. The minimum absolute atomic E-state index is 0.0120. The maximum absolute atomic E-state index is 13.7. The third-order valence-corrected chi connectivity index (χ3v) is 5.10. The van der Waals surface area contributed by atoms with Gasteiger partial charge < -0.3 is 15.5 Å². The van der Waals surface area contributed by atoms with Gasteiger partial charge in [-0.1, -0.05) is 0 Å². The Morgan fingerprint density at radius 1 is 1.03 bits per heavy atom. The maximum atomic E-state index is 13.7. The number of carbonyl (C=O) groups excluding carboxylic acids is 1. The molecule has 13 heteroatoms. The highest BCUT2D eigenvalue weighted by atomic mass is 19.4. The number of nitrogens with one attached hydrogen (secondary N) is 2. The Labute approximate surface area is 171 Å². The number of nitrogens with zero attached hydrogens (tertiary/aromatic N) is 4. The lowest BCUT2D eigenvalue weighted by Crippen LogP contribution is -2.44. The van der Waals surface area contributed by atoms with Crippen molar-refractivity contribution in [2.24, 2.45) is 0 Å². The van der Waals surface area contributed by atoms with Crippen molar-refractivity contribution in [2.75, 3.05) is 36.4 Å². The fraction of sp³-hybridized carbons (Fsp3) is 0.444. The molecule has 4 rings (SSSR count). The van der Waals surface area contributed by atoms with Crippen LogP contribution in [0.5, 0.6) is 0 Å². The van der Waals surface area contributed by atoms with E-state index in [1.807, 2.05) is 0 Å². The molecular weight excluding hydrogens is 430 g/mol. The monoisotopic (exact) mass is 446 g/mol. The number of hydrogen-bond donors (Lipinski definition) is 2. The lowest BCUT2D eigenvalue weighted by Gasteiger charge is -2.30. The summed E-state index contributed by atoms with van der Waals surface area (Å²) < 4.78 is 81.7. The summed E-state index contributed by atoms with van der Waals surface area (Å²) in [6, 6.07) is 1.53. The van der Waals surface area contributed by atoms with Crippen molar-refractivity contribution in [3.8, 4) is 11.4 Å². The van der Waals surface area contributed by atoms with Gasteiger partial charge in [0.05, 0.1) is 22.9 Å². The fourth-order valence-electron chi connectivity index (χ4n) is 3.64. The van der Waals surface area contributed by atoms with E-state index in [1.165, 1.54) is 0 Å². The van der Waals surface area contributed by atoms with Crippen LogP contribution in [0.15, 0.2) is 18.5 Å². The second-order valence-corrected chi connectivity index (χ2v) is 7.17. The predicted molar refractivity (Wildman–Crippen MR) is 97.4 cm³/mol. The van der Waals surface area contributed by atoms with Crippen molar-refractivity contribution in [2.45, 2.75) is 24.7 Å². The molecule has 2 aromatic rings. The first-order chi connectivity index (χ1) is 14.5. The van der Waals surface area contributed by atoms with Crippen LogP contribution >= 0.6 is 0 Å². The van der Waals surface area contributed by atoms with E-state index in [-0.39, 0.29) is 17.3 Å². The van der Waals surface area contributed by atoms with Crippen LogP contribution in [-0.4, -0.2) is 53.2 Å². The largest absolute Gasteiger partial charge is 0.416 e. The van der Waals surface area contributed by atoms with E-state index >= 15 is 0 Å². The molecule has 2 aliphatic heterocycles. The Hall–Kier alpha value is -2.96. The van der Waals surface area contributed by atoms with E-state index in [0.29, 0.717) is 32.2 Å². The molecule has 2 aromatic heterocycles. The van der Waals surface area contributed by atoms with Gasteiger partial charge >= 0.3 is 12.4 Å². The van der Waals surface area contributed by atoms with Crippen LogP contribution in [0, 0.1) is 0 Å². The van der Waals surface area contributed by atoms with Crippen molar-refractivity contribution in [1.82, 2.24) is 20.3 Å². The number of hydrogen-bond acceptors (Lipinski definition) is 6. The number of fused-ring (bicyclic) bond motifs is 1. The maximum Gasteiger partial charge on any atom is 0.416 e. The van der Waals surface area contributed by atoms with Crippen LogP contribution in [-0.2, 0) is 11.0 Å². The Balaban J connectivity index is 1.90. The van der Waals surface area contributed by atoms with E-state index in [2.05, 4.69) is 25.6 Å². The molecule has 166 valence electrons. The molecule has 4 heterocycles. The van der Waals surface area contributed by atoms with E-state index in [1.54, 1.807) is 4.90 Å². The van der Waals surface area contributed by atoms with Gasteiger partial charge in [0.2, 0.25) is 5.91 Å². The van der Waals surface area contributed by atoms with Gasteiger partial charge in [0.15, 0.2) is 0 Å². The van der Waals surface area contributed by atoms with Crippen LogP contribution in [0.1, 0.15) is 23.5 Å². The standard InChI is InChI=1S/C18H16F6N6O/c19-17(20,21)9-5-11(28-12(6-9)30-3-1-25-2-4-30)15-14-10(18(22,23)24)7-13(31)29-16(14)27-8-26-15/h5-6,8,10,25H,1-4,7H2,(H,26,27,29,31)/t10-/m0/s1. The molecule has 7 nitrogen and oxygen atoms in total. The highest BCUT2D eigenvalue weighted by molar-refractivity contribution is 5.95. The molecule has 1 fully saturated rings. The molecule has 0 aromatic carbocycles. The molecule has 1 amide bonds. The zero-order chi connectivity index (χ0) is 22.4. The molecular formula is C18H16F6N6O. The van der Waals surface area contributed by atoms with E-state index in [9.17, 15) is 31.1 Å². The smallest absolute Gasteiger partial charge is 0.354 e. The SMILES string of the molecule is O=C1C[C@H](C(F)(F)F)c2c(ncnc2-c2cc(C(F)(F)F)cc(N3CCNCC3)n2)N1. The molecule has 0 radical (unpaired) electrons. The third-order valence-electron chi connectivity index (χ3n) is 5.10. The normalized spacial score (nSPS) is 19.7. The van der Waals surface area contributed by atoms with Gasteiger partial charge in [-0.15, -0.1) is 0 Å². The summed E-state index contributed by atoms with van der Waals surface area (Å²) in [5.41, 5.74) is -2.31. The van der Waals surface area contributed by atoms with Gasteiger partial charge in [-0.2, -0.15) is 26.3 Å². The van der Waals surface area contributed by atoms with Gasteiger partial charge in [0, 0.05) is 38.2 Å². The third kappa shape index (κ3) is 4.27. The Kier molecular flexibility index (Phi) is 5.23. The number of rotatable bonds is 2. The molecule has 1 atom stereocenters. The van der Waals surface area contributed by atoms with Gasteiger partial charge in [-0.25, -0.2) is 15.0 Å². The Morgan fingerprint density at radius 3 is 2.39 bits per heavy atom. The summed E-state index contributed by atoms with van der Waals surface area (Å²) in [7, 11) is 0. The second-order valence-electron chi connectivity index (χ2n) is 7.17. The lowest BCUT2D eigenvalue weighted by molar-refractivity contribution is -0.156. The number of pyridine rings is 1. The average molecular weight is 446 g/mol. The fourth-order valence-corrected chi connectivity index (χ4v) is 3.64. The van der Waals surface area contributed by atoms with Gasteiger partial charge in [0.1, 0.15) is 18.0 Å². The molecule has 31 heavy (non-hydrogen) atoms.